The van der Waals surface area contributed by atoms with E-state index in [4.69, 9.17) is 27.9 Å². The smallest absolute Gasteiger partial charge is 0.341 e. The summed E-state index contributed by atoms with van der Waals surface area (Å²) in [6.07, 6.45) is 0.634. The van der Waals surface area contributed by atoms with Crippen molar-refractivity contribution in [2.24, 2.45) is 0 Å². The third kappa shape index (κ3) is 5.63. The number of methoxy groups -OCH3 is 1. The van der Waals surface area contributed by atoms with Gasteiger partial charge in [-0.1, -0.05) is 47.0 Å². The second kappa shape index (κ2) is 11.0. The molecule has 1 amide bonds. The number of rotatable bonds is 7. The summed E-state index contributed by atoms with van der Waals surface area (Å²) in [5, 5.41) is 3.21. The van der Waals surface area contributed by atoms with Crippen LogP contribution in [0.15, 0.2) is 47.4 Å². The maximum Gasteiger partial charge on any atom is 0.341 e. The monoisotopic (exact) mass is 581 g/mol. The number of benzene rings is 2. The topological polar surface area (TPSA) is 96.0 Å². The zero-order chi connectivity index (χ0) is 26.9. The molecule has 0 bridgehead atoms. The summed E-state index contributed by atoms with van der Waals surface area (Å²) in [5.41, 5.74) is 2.09. The second-order valence-electron chi connectivity index (χ2n) is 8.63. The van der Waals surface area contributed by atoms with Gasteiger partial charge in [-0.05, 0) is 50.2 Å². The highest BCUT2D eigenvalue weighted by atomic mass is 35.5. The first-order chi connectivity index (χ1) is 17.5. The van der Waals surface area contributed by atoms with Gasteiger partial charge < -0.3 is 15.0 Å². The molecule has 0 atom stereocenters. The van der Waals surface area contributed by atoms with Crippen LogP contribution in [0.25, 0.3) is 0 Å². The van der Waals surface area contributed by atoms with Gasteiger partial charge in [-0.15, -0.1) is 11.3 Å². The van der Waals surface area contributed by atoms with E-state index >= 15 is 0 Å². The fourth-order valence-electron chi connectivity index (χ4n) is 4.06. The van der Waals surface area contributed by atoms with Crippen molar-refractivity contribution in [1.82, 2.24) is 4.90 Å². The van der Waals surface area contributed by atoms with Gasteiger partial charge in [0.2, 0.25) is 5.91 Å². The number of carbonyl (C=O) groups is 2. The molecule has 1 aliphatic heterocycles. The summed E-state index contributed by atoms with van der Waals surface area (Å²) >= 11 is 13.8. The molecule has 3 aromatic rings. The third-order valence-corrected chi connectivity index (χ3v) is 9.70. The number of hydrogen-bond donors (Lipinski definition) is 1. The lowest BCUT2D eigenvalue weighted by atomic mass is 10.0. The molecule has 8 nitrogen and oxygen atoms in total. The minimum absolute atomic E-state index is 0.00229. The zero-order valence-electron chi connectivity index (χ0n) is 20.4. The van der Waals surface area contributed by atoms with Gasteiger partial charge in [-0.2, -0.15) is 0 Å². The van der Waals surface area contributed by atoms with Gasteiger partial charge in [0.15, 0.2) is 0 Å². The van der Waals surface area contributed by atoms with E-state index in [1.165, 1.54) is 42.7 Å². The Balaban J connectivity index is 1.71. The number of fused-ring (bicyclic) bond motifs is 1. The van der Waals surface area contributed by atoms with E-state index in [9.17, 15) is 18.0 Å². The summed E-state index contributed by atoms with van der Waals surface area (Å²) in [4.78, 5) is 29.0. The van der Waals surface area contributed by atoms with E-state index in [1.807, 2.05) is 14.0 Å². The Hall–Kier alpha value is -2.63. The summed E-state index contributed by atoms with van der Waals surface area (Å²) in [7, 11) is -0.948. The lowest BCUT2D eigenvalue weighted by Gasteiger charge is -2.25. The molecule has 4 rings (SSSR count). The van der Waals surface area contributed by atoms with E-state index in [0.29, 0.717) is 23.5 Å². The summed E-state index contributed by atoms with van der Waals surface area (Å²) < 4.78 is 33.3. The van der Waals surface area contributed by atoms with Crippen LogP contribution in [0.1, 0.15) is 26.4 Å². The number of ether oxygens (including phenoxy) is 1. The van der Waals surface area contributed by atoms with Gasteiger partial charge in [-0.3, -0.25) is 9.10 Å². The molecule has 0 aliphatic carbocycles. The van der Waals surface area contributed by atoms with E-state index in [0.717, 1.165) is 26.9 Å². The number of aryl methyl sites for hydroxylation is 1. The molecule has 12 heteroatoms. The highest BCUT2D eigenvalue weighted by molar-refractivity contribution is 7.92. The second-order valence-corrected chi connectivity index (χ2v) is 12.4. The maximum absolute atomic E-state index is 13.7. The lowest BCUT2D eigenvalue weighted by molar-refractivity contribution is -0.114. The molecule has 0 saturated heterocycles. The molecule has 1 aliphatic rings. The largest absolute Gasteiger partial charge is 0.465 e. The van der Waals surface area contributed by atoms with Crippen LogP contribution in [0, 0.1) is 6.92 Å². The average Bonchev–Trinajstić information content (AvgIpc) is 3.20. The SMILES string of the molecule is COC(=O)c1c(NC(=O)CN(c2cccc(Cl)c2Cl)S(=O)(=O)c2ccc(C)cc2)sc2c1CCN(C)C2. The standard InChI is InChI=1S/C25H25Cl2N3O5S2/c1-15-7-9-16(10-8-15)37(33,34)30(19-6-4-5-18(26)23(19)27)14-21(31)28-24-22(25(32)35-3)17-11-12-29(2)13-20(17)36-24/h4-10H,11-14H2,1-3H3,(H,28,31). The van der Waals surface area contributed by atoms with Gasteiger partial charge in [0.1, 0.15) is 11.5 Å². The van der Waals surface area contributed by atoms with Crippen molar-refractivity contribution in [1.29, 1.82) is 0 Å². The number of nitrogens with zero attached hydrogens (tertiary/aromatic N) is 2. The molecule has 196 valence electrons. The molecule has 0 fully saturated rings. The van der Waals surface area contributed by atoms with Gasteiger partial charge in [0.25, 0.3) is 10.0 Å². The van der Waals surface area contributed by atoms with Crippen molar-refractivity contribution in [2.45, 2.75) is 24.8 Å². The van der Waals surface area contributed by atoms with Gasteiger partial charge in [0, 0.05) is 18.0 Å². The number of hydrogen-bond acceptors (Lipinski definition) is 7. The summed E-state index contributed by atoms with van der Waals surface area (Å²) in [5.74, 6) is -1.21. The number of carbonyl (C=O) groups excluding carboxylic acids is 2. The Kier molecular flexibility index (Phi) is 8.15. The number of sulfonamides is 1. The van der Waals surface area contributed by atoms with E-state index in [1.54, 1.807) is 18.2 Å². The first kappa shape index (κ1) is 27.4. The minimum Gasteiger partial charge on any atom is -0.465 e. The molecular formula is C25H25Cl2N3O5S2. The molecule has 37 heavy (non-hydrogen) atoms. The van der Waals surface area contributed by atoms with Gasteiger partial charge in [0.05, 0.1) is 33.3 Å². The van der Waals surface area contributed by atoms with E-state index in [-0.39, 0.29) is 20.6 Å². The first-order valence-electron chi connectivity index (χ1n) is 11.3. The van der Waals surface area contributed by atoms with Gasteiger partial charge in [-0.25, -0.2) is 13.2 Å². The average molecular weight is 583 g/mol. The molecule has 0 unspecified atom stereocenters. The quantitative estimate of drug-likeness (QED) is 0.396. The molecule has 2 aromatic carbocycles. The van der Waals surface area contributed by atoms with Crippen molar-refractivity contribution < 1.29 is 22.7 Å². The van der Waals surface area contributed by atoms with Crippen molar-refractivity contribution in [3.05, 3.63) is 74.1 Å². The molecule has 1 N–H and O–H groups in total. The normalized spacial score (nSPS) is 13.6. The number of halogens is 2. The fourth-order valence-corrected chi connectivity index (χ4v) is 7.27. The molecule has 0 spiro atoms. The Morgan fingerprint density at radius 3 is 2.54 bits per heavy atom. The molecule has 0 saturated carbocycles. The number of thiophene rings is 1. The highest BCUT2D eigenvalue weighted by Gasteiger charge is 2.32. The Labute approximate surface area is 229 Å². The fraction of sp³-hybridized carbons (Fsp3) is 0.280. The maximum atomic E-state index is 13.7. The molecule has 2 heterocycles. The van der Waals surface area contributed by atoms with Crippen LogP contribution in [0.2, 0.25) is 10.0 Å². The first-order valence-corrected chi connectivity index (χ1v) is 14.3. The van der Waals surface area contributed by atoms with Crippen LogP contribution < -0.4 is 9.62 Å². The summed E-state index contributed by atoms with van der Waals surface area (Å²) in [6.45, 7) is 2.63. The van der Waals surface area contributed by atoms with E-state index in [2.05, 4.69) is 10.2 Å². The number of nitrogens with one attached hydrogen (secondary N) is 1. The van der Waals surface area contributed by atoms with Crippen LogP contribution in [-0.4, -0.2) is 52.4 Å². The Morgan fingerprint density at radius 2 is 1.86 bits per heavy atom. The number of amides is 1. The number of esters is 1. The van der Waals surface area contributed by atoms with E-state index < -0.39 is 28.4 Å². The van der Waals surface area contributed by atoms with Crippen LogP contribution in [0.5, 0.6) is 0 Å². The van der Waals surface area contributed by atoms with Crippen LogP contribution in [0.4, 0.5) is 10.7 Å². The molecular weight excluding hydrogens is 557 g/mol. The Morgan fingerprint density at radius 1 is 1.16 bits per heavy atom. The lowest BCUT2D eigenvalue weighted by Crippen LogP contribution is -2.38. The minimum atomic E-state index is -4.20. The highest BCUT2D eigenvalue weighted by Crippen LogP contribution is 2.38. The predicted octanol–water partition coefficient (Wildman–Crippen LogP) is 4.97. The zero-order valence-corrected chi connectivity index (χ0v) is 23.5. The van der Waals surface area contributed by atoms with Crippen molar-refractivity contribution in [3.63, 3.8) is 0 Å². The van der Waals surface area contributed by atoms with Crippen molar-refractivity contribution >= 4 is 67.1 Å². The van der Waals surface area contributed by atoms with Crippen molar-refractivity contribution in [3.8, 4) is 0 Å². The number of anilines is 2. The van der Waals surface area contributed by atoms with Crippen molar-refractivity contribution in [2.75, 3.05) is 36.9 Å². The Bertz CT molecular complexity index is 1460. The van der Waals surface area contributed by atoms with Crippen LogP contribution in [-0.2, 0) is 32.5 Å². The van der Waals surface area contributed by atoms with Gasteiger partial charge >= 0.3 is 5.97 Å². The predicted molar refractivity (Wildman–Crippen MR) is 146 cm³/mol. The van der Waals surface area contributed by atoms with Crippen LogP contribution >= 0.6 is 34.5 Å². The van der Waals surface area contributed by atoms with Crippen LogP contribution in [0.3, 0.4) is 0 Å². The molecule has 1 aromatic heterocycles. The third-order valence-electron chi connectivity index (χ3n) is 5.99. The summed E-state index contributed by atoms with van der Waals surface area (Å²) in [6, 6.07) is 10.8. The molecule has 0 radical (unpaired) electrons. The number of likely N-dealkylation sites (N-methyl/N-ethyl adjacent to an activating group) is 1.